The third-order valence-corrected chi connectivity index (χ3v) is 5.44. The molecule has 2 unspecified atom stereocenters. The van der Waals surface area contributed by atoms with E-state index in [1.807, 2.05) is 0 Å². The summed E-state index contributed by atoms with van der Waals surface area (Å²) in [6.07, 6.45) is 0. The van der Waals surface area contributed by atoms with E-state index in [1.54, 1.807) is 74.5 Å². The van der Waals surface area contributed by atoms with Crippen LogP contribution in [0.25, 0.3) is 0 Å². The van der Waals surface area contributed by atoms with Crippen molar-refractivity contribution in [2.45, 2.75) is 19.4 Å². The standard InChI is InChI=1S/C26H25FN2O4/c1-17(2)22(24(31)28-21-15-13-20(27)14-16-21)26(25(32)33,19-11-7-4-8-12-19)29-23(30)18-9-5-3-6-10-18/h3-17,22H,1-2H3,(H,28,31)(H,29,30)(H,32,33). The van der Waals surface area contributed by atoms with Crippen molar-refractivity contribution >= 4 is 23.5 Å². The van der Waals surface area contributed by atoms with Crippen LogP contribution in [0.1, 0.15) is 29.8 Å². The topological polar surface area (TPSA) is 95.5 Å². The van der Waals surface area contributed by atoms with Crippen LogP contribution in [-0.4, -0.2) is 22.9 Å². The van der Waals surface area contributed by atoms with Crippen molar-refractivity contribution in [3.63, 3.8) is 0 Å². The number of hydrogen-bond donors (Lipinski definition) is 3. The molecule has 2 amide bonds. The molecule has 0 aliphatic carbocycles. The molecular weight excluding hydrogens is 423 g/mol. The first kappa shape index (κ1) is 23.7. The van der Waals surface area contributed by atoms with Gasteiger partial charge in [-0.3, -0.25) is 9.59 Å². The lowest BCUT2D eigenvalue weighted by molar-refractivity contribution is -0.152. The molecule has 3 aromatic rings. The molecule has 0 spiro atoms. The third-order valence-electron chi connectivity index (χ3n) is 5.44. The van der Waals surface area contributed by atoms with Crippen LogP contribution in [0.4, 0.5) is 10.1 Å². The van der Waals surface area contributed by atoms with E-state index in [1.165, 1.54) is 24.3 Å². The largest absolute Gasteiger partial charge is 0.479 e. The molecule has 0 radical (unpaired) electrons. The molecule has 3 rings (SSSR count). The van der Waals surface area contributed by atoms with Gasteiger partial charge in [-0.05, 0) is 47.9 Å². The fraction of sp³-hybridized carbons (Fsp3) is 0.192. The van der Waals surface area contributed by atoms with Gasteiger partial charge in [0, 0.05) is 11.3 Å². The second kappa shape index (κ2) is 10.1. The molecule has 0 aliphatic rings. The number of benzene rings is 3. The van der Waals surface area contributed by atoms with Crippen LogP contribution < -0.4 is 10.6 Å². The van der Waals surface area contributed by atoms with Gasteiger partial charge in [-0.1, -0.05) is 62.4 Å². The predicted octanol–water partition coefficient (Wildman–Crippen LogP) is 4.45. The second-order valence-electron chi connectivity index (χ2n) is 8.02. The molecule has 7 heteroatoms. The Morgan fingerprint density at radius 3 is 1.91 bits per heavy atom. The van der Waals surface area contributed by atoms with Crippen LogP contribution in [0, 0.1) is 17.7 Å². The molecule has 0 fully saturated rings. The fourth-order valence-corrected chi connectivity index (χ4v) is 3.93. The van der Waals surface area contributed by atoms with Crippen molar-refractivity contribution in [1.82, 2.24) is 5.32 Å². The molecule has 3 N–H and O–H groups in total. The van der Waals surface area contributed by atoms with Gasteiger partial charge in [-0.25, -0.2) is 9.18 Å². The number of halogens is 1. The van der Waals surface area contributed by atoms with Gasteiger partial charge >= 0.3 is 5.97 Å². The highest BCUT2D eigenvalue weighted by Crippen LogP contribution is 2.37. The van der Waals surface area contributed by atoms with Crippen molar-refractivity contribution in [1.29, 1.82) is 0 Å². The molecule has 170 valence electrons. The minimum Gasteiger partial charge on any atom is -0.479 e. The van der Waals surface area contributed by atoms with Crippen molar-refractivity contribution in [3.05, 3.63) is 102 Å². The first-order valence-corrected chi connectivity index (χ1v) is 10.5. The minimum atomic E-state index is -2.06. The quantitative estimate of drug-likeness (QED) is 0.475. The average Bonchev–Trinajstić information content (AvgIpc) is 2.80. The summed E-state index contributed by atoms with van der Waals surface area (Å²) in [4.78, 5) is 39.5. The van der Waals surface area contributed by atoms with Gasteiger partial charge in [-0.2, -0.15) is 0 Å². The average molecular weight is 448 g/mol. The number of nitrogens with one attached hydrogen (secondary N) is 2. The number of amides is 2. The first-order chi connectivity index (χ1) is 15.8. The van der Waals surface area contributed by atoms with Crippen LogP contribution >= 0.6 is 0 Å². The normalized spacial score (nSPS) is 13.6. The van der Waals surface area contributed by atoms with Crippen LogP contribution in [-0.2, 0) is 15.1 Å². The van der Waals surface area contributed by atoms with E-state index in [9.17, 15) is 23.9 Å². The van der Waals surface area contributed by atoms with Gasteiger partial charge in [0.05, 0.1) is 5.92 Å². The molecule has 2 atom stereocenters. The number of carboxylic acid groups (broad SMARTS) is 1. The number of anilines is 1. The lowest BCUT2D eigenvalue weighted by Gasteiger charge is -2.39. The van der Waals surface area contributed by atoms with E-state index in [-0.39, 0.29) is 11.1 Å². The first-order valence-electron chi connectivity index (χ1n) is 10.5. The summed E-state index contributed by atoms with van der Waals surface area (Å²) < 4.78 is 13.3. The Morgan fingerprint density at radius 1 is 0.848 bits per heavy atom. The van der Waals surface area contributed by atoms with Gasteiger partial charge in [-0.15, -0.1) is 0 Å². The van der Waals surface area contributed by atoms with Crippen LogP contribution in [0.2, 0.25) is 0 Å². The smallest absolute Gasteiger partial charge is 0.335 e. The Bertz CT molecular complexity index is 1120. The van der Waals surface area contributed by atoms with E-state index in [0.717, 1.165) is 0 Å². The summed E-state index contributed by atoms with van der Waals surface area (Å²) in [5, 5.41) is 15.8. The molecule has 0 heterocycles. The van der Waals surface area contributed by atoms with E-state index >= 15 is 0 Å². The van der Waals surface area contributed by atoms with Gasteiger partial charge in [0.1, 0.15) is 5.82 Å². The Labute approximate surface area is 191 Å². The molecule has 33 heavy (non-hydrogen) atoms. The molecule has 0 saturated heterocycles. The summed E-state index contributed by atoms with van der Waals surface area (Å²) >= 11 is 0. The van der Waals surface area contributed by atoms with Gasteiger partial charge in [0.15, 0.2) is 5.54 Å². The summed E-state index contributed by atoms with van der Waals surface area (Å²) in [5.74, 6) is -4.76. The zero-order valence-electron chi connectivity index (χ0n) is 18.3. The molecule has 0 bridgehead atoms. The Kier molecular flexibility index (Phi) is 7.23. The van der Waals surface area contributed by atoms with Crippen molar-refractivity contribution in [2.75, 3.05) is 5.32 Å². The minimum absolute atomic E-state index is 0.259. The van der Waals surface area contributed by atoms with Crippen molar-refractivity contribution in [3.8, 4) is 0 Å². The lowest BCUT2D eigenvalue weighted by atomic mass is 9.71. The number of carbonyl (C=O) groups excluding carboxylic acids is 2. The number of rotatable bonds is 8. The van der Waals surface area contributed by atoms with Crippen LogP contribution in [0.3, 0.4) is 0 Å². The fourth-order valence-electron chi connectivity index (χ4n) is 3.93. The Balaban J connectivity index is 2.11. The third kappa shape index (κ3) is 5.09. The molecule has 3 aromatic carbocycles. The SMILES string of the molecule is CC(C)C(C(=O)Nc1ccc(F)cc1)C(NC(=O)c1ccccc1)(C(=O)O)c1ccccc1. The summed E-state index contributed by atoms with van der Waals surface area (Å²) in [5.41, 5.74) is -1.23. The lowest BCUT2D eigenvalue weighted by Crippen LogP contribution is -2.61. The maximum absolute atomic E-state index is 13.5. The van der Waals surface area contributed by atoms with Crippen molar-refractivity contribution in [2.24, 2.45) is 11.8 Å². The van der Waals surface area contributed by atoms with Gasteiger partial charge in [0.2, 0.25) is 5.91 Å². The molecular formula is C26H25FN2O4. The van der Waals surface area contributed by atoms with E-state index in [0.29, 0.717) is 5.69 Å². The van der Waals surface area contributed by atoms with Crippen LogP contribution in [0.5, 0.6) is 0 Å². The van der Waals surface area contributed by atoms with Gasteiger partial charge < -0.3 is 15.7 Å². The number of carboxylic acids is 1. The zero-order valence-corrected chi connectivity index (χ0v) is 18.3. The highest BCUT2D eigenvalue weighted by Gasteiger charge is 2.53. The van der Waals surface area contributed by atoms with Crippen LogP contribution in [0.15, 0.2) is 84.9 Å². The van der Waals surface area contributed by atoms with E-state index in [2.05, 4.69) is 10.6 Å². The van der Waals surface area contributed by atoms with Gasteiger partial charge in [0.25, 0.3) is 5.91 Å². The predicted molar refractivity (Wildman–Crippen MR) is 123 cm³/mol. The molecule has 0 aromatic heterocycles. The summed E-state index contributed by atoms with van der Waals surface area (Å²) in [6.45, 7) is 3.43. The highest BCUT2D eigenvalue weighted by atomic mass is 19.1. The number of aliphatic carboxylic acids is 1. The second-order valence-corrected chi connectivity index (χ2v) is 8.02. The molecule has 0 saturated carbocycles. The number of carbonyl (C=O) groups is 3. The van der Waals surface area contributed by atoms with E-state index < -0.39 is 41.0 Å². The Hall–Kier alpha value is -4.00. The summed E-state index contributed by atoms with van der Waals surface area (Å²) in [7, 11) is 0. The highest BCUT2D eigenvalue weighted by molar-refractivity contribution is 6.03. The van der Waals surface area contributed by atoms with Crippen molar-refractivity contribution < 1.29 is 23.9 Å². The van der Waals surface area contributed by atoms with E-state index in [4.69, 9.17) is 0 Å². The Morgan fingerprint density at radius 2 is 1.39 bits per heavy atom. The molecule has 0 aliphatic heterocycles. The maximum atomic E-state index is 13.5. The monoisotopic (exact) mass is 448 g/mol. The summed E-state index contributed by atoms with van der Waals surface area (Å²) in [6, 6.07) is 21.5. The maximum Gasteiger partial charge on any atom is 0.335 e. The molecule has 6 nitrogen and oxygen atoms in total. The zero-order chi connectivity index (χ0) is 24.0. The number of hydrogen-bond acceptors (Lipinski definition) is 3.